The van der Waals surface area contributed by atoms with Gasteiger partial charge in [0, 0.05) is 52.9 Å². The highest BCUT2D eigenvalue weighted by atomic mass is 35.5. The highest BCUT2D eigenvalue weighted by Gasteiger charge is 2.45. The standard InChI is InChI=1S/C64H72ClN3O4S2/c1-5-9-13-17-35-64(36-18-14-10-6-2)55-42-58(73-60(55)61-56(64)43-59(74-61)47-22-21-46-39-48(40-49(44-66)63(69)70)62(65)67-57(46)41-47)45-23-25-50(26-24-45)68(51-27-31-53(32-28-51)71-37-19-15-11-7-3)52-29-33-54(34-30-52)72-38-20-16-12-8-4/h21-34,39-43H,5-20,35-38H2,1-4H3,(H,69,70)/b49-40+. The number of hydrogen-bond acceptors (Lipinski definition) is 8. The molecule has 386 valence electrons. The molecule has 0 spiro atoms. The second-order valence-electron chi connectivity index (χ2n) is 19.8. The number of unbranched alkanes of at least 4 members (excludes halogenated alkanes) is 12. The number of ether oxygens (including phenoxy) is 2. The van der Waals surface area contributed by atoms with Gasteiger partial charge in [-0.15, -0.1) is 22.7 Å². The SMILES string of the molecule is CCCCCCOc1ccc(N(c2ccc(OCCCCCC)cc2)c2ccc(-c3cc4c(s3)-c3sc(-c5ccc6cc(/C=C(\C#N)C(=O)O)c(Cl)nc6c5)cc3C4(CCCCCC)CCCCCC)cc2)cc1. The molecule has 10 heteroatoms. The van der Waals surface area contributed by atoms with Gasteiger partial charge in [0.1, 0.15) is 28.3 Å². The van der Waals surface area contributed by atoms with Crippen molar-refractivity contribution in [1.82, 2.24) is 4.98 Å². The van der Waals surface area contributed by atoms with Crippen molar-refractivity contribution in [3.05, 3.63) is 137 Å². The van der Waals surface area contributed by atoms with Crippen molar-refractivity contribution in [2.45, 2.75) is 149 Å². The molecular formula is C64H72ClN3O4S2. The van der Waals surface area contributed by atoms with Gasteiger partial charge in [-0.25, -0.2) is 9.78 Å². The molecule has 0 saturated carbocycles. The molecule has 1 aliphatic carbocycles. The van der Waals surface area contributed by atoms with Crippen LogP contribution in [0.2, 0.25) is 5.15 Å². The molecule has 0 saturated heterocycles. The van der Waals surface area contributed by atoms with Crippen LogP contribution >= 0.6 is 34.3 Å². The lowest BCUT2D eigenvalue weighted by Crippen LogP contribution is -2.25. The maximum absolute atomic E-state index is 11.6. The summed E-state index contributed by atoms with van der Waals surface area (Å²) in [6.07, 6.45) is 22.6. The summed E-state index contributed by atoms with van der Waals surface area (Å²) in [5.74, 6) is 0.486. The molecule has 0 bridgehead atoms. The molecule has 74 heavy (non-hydrogen) atoms. The van der Waals surface area contributed by atoms with Crippen molar-refractivity contribution in [3.63, 3.8) is 0 Å². The molecule has 8 rings (SSSR count). The van der Waals surface area contributed by atoms with E-state index in [0.717, 1.165) is 83.9 Å². The van der Waals surface area contributed by atoms with Crippen LogP contribution in [0.4, 0.5) is 17.1 Å². The normalized spacial score (nSPS) is 12.7. The van der Waals surface area contributed by atoms with E-state index in [-0.39, 0.29) is 10.6 Å². The van der Waals surface area contributed by atoms with Gasteiger partial charge in [-0.05, 0) is 139 Å². The maximum Gasteiger partial charge on any atom is 0.346 e. The fraction of sp³-hybridized carbons (Fsp3) is 0.391. The van der Waals surface area contributed by atoms with Gasteiger partial charge in [-0.1, -0.05) is 153 Å². The van der Waals surface area contributed by atoms with Crippen molar-refractivity contribution in [2.24, 2.45) is 0 Å². The van der Waals surface area contributed by atoms with E-state index < -0.39 is 11.5 Å². The van der Waals surface area contributed by atoms with E-state index in [2.05, 4.69) is 130 Å². The average molecular weight is 1050 g/mol. The molecule has 0 aliphatic heterocycles. The molecule has 4 aromatic carbocycles. The first-order valence-electron chi connectivity index (χ1n) is 27.3. The van der Waals surface area contributed by atoms with Crippen molar-refractivity contribution in [2.75, 3.05) is 18.1 Å². The van der Waals surface area contributed by atoms with Gasteiger partial charge in [-0.3, -0.25) is 0 Å². The molecule has 7 nitrogen and oxygen atoms in total. The van der Waals surface area contributed by atoms with Gasteiger partial charge in [0.25, 0.3) is 0 Å². The molecule has 0 amide bonds. The van der Waals surface area contributed by atoms with Crippen molar-refractivity contribution in [3.8, 4) is 48.2 Å². The number of pyridine rings is 1. The Labute approximate surface area is 452 Å². The molecule has 0 fully saturated rings. The monoisotopic (exact) mass is 1050 g/mol. The minimum Gasteiger partial charge on any atom is -0.494 e. The number of nitriles is 1. The number of hydrogen-bond donors (Lipinski definition) is 1. The van der Waals surface area contributed by atoms with Crippen LogP contribution in [0.25, 0.3) is 47.6 Å². The Balaban J connectivity index is 1.14. The van der Waals surface area contributed by atoms with Gasteiger partial charge in [0.2, 0.25) is 0 Å². The molecule has 1 aliphatic rings. The van der Waals surface area contributed by atoms with E-state index in [9.17, 15) is 15.2 Å². The first-order chi connectivity index (χ1) is 36.2. The first kappa shape index (κ1) is 54.3. The Morgan fingerprint density at radius 3 is 1.55 bits per heavy atom. The Morgan fingerprint density at radius 1 is 0.622 bits per heavy atom. The second kappa shape index (κ2) is 26.5. The van der Waals surface area contributed by atoms with Crippen LogP contribution in [0.3, 0.4) is 0 Å². The fourth-order valence-corrected chi connectivity index (χ4v) is 13.3. The number of fused-ring (bicyclic) bond motifs is 4. The van der Waals surface area contributed by atoms with Gasteiger partial charge in [-0.2, -0.15) is 5.26 Å². The first-order valence-corrected chi connectivity index (χ1v) is 29.3. The van der Waals surface area contributed by atoms with Gasteiger partial charge in [0.15, 0.2) is 0 Å². The van der Waals surface area contributed by atoms with E-state index in [1.807, 2.05) is 28.7 Å². The minimum atomic E-state index is -1.30. The van der Waals surface area contributed by atoms with E-state index in [1.54, 1.807) is 12.1 Å². The van der Waals surface area contributed by atoms with Crippen molar-refractivity contribution in [1.29, 1.82) is 5.26 Å². The lowest BCUT2D eigenvalue weighted by molar-refractivity contribution is -0.132. The third-order valence-electron chi connectivity index (χ3n) is 14.5. The zero-order valence-corrected chi connectivity index (χ0v) is 46.2. The third-order valence-corrected chi connectivity index (χ3v) is 17.3. The summed E-state index contributed by atoms with van der Waals surface area (Å²) < 4.78 is 12.3. The smallest absolute Gasteiger partial charge is 0.346 e. The number of benzene rings is 4. The third kappa shape index (κ3) is 12.9. The molecule has 1 N–H and O–H groups in total. The van der Waals surface area contributed by atoms with Gasteiger partial charge >= 0.3 is 5.97 Å². The van der Waals surface area contributed by atoms with Crippen molar-refractivity contribution >= 4 is 74.3 Å². The predicted octanol–water partition coefficient (Wildman–Crippen LogP) is 19.9. The number of anilines is 3. The predicted molar refractivity (Wildman–Crippen MR) is 312 cm³/mol. The van der Waals surface area contributed by atoms with Gasteiger partial charge in [0.05, 0.1) is 18.7 Å². The molecular weight excluding hydrogens is 974 g/mol. The number of thiophene rings is 2. The summed E-state index contributed by atoms with van der Waals surface area (Å²) in [6, 6.07) is 41.0. The largest absolute Gasteiger partial charge is 0.494 e. The van der Waals surface area contributed by atoms with Crippen molar-refractivity contribution < 1.29 is 19.4 Å². The summed E-state index contributed by atoms with van der Waals surface area (Å²) >= 11 is 10.4. The number of aromatic nitrogens is 1. The van der Waals surface area contributed by atoms with Crippen LogP contribution in [-0.2, 0) is 10.2 Å². The Bertz CT molecular complexity index is 2950. The zero-order chi connectivity index (χ0) is 51.9. The topological polar surface area (TPSA) is 95.7 Å². The number of carboxylic acid groups (broad SMARTS) is 1. The summed E-state index contributed by atoms with van der Waals surface area (Å²) in [5.41, 5.74) is 9.11. The summed E-state index contributed by atoms with van der Waals surface area (Å²) in [4.78, 5) is 23.9. The molecule has 0 radical (unpaired) electrons. The lowest BCUT2D eigenvalue weighted by Gasteiger charge is -2.31. The summed E-state index contributed by atoms with van der Waals surface area (Å²) in [7, 11) is 0. The highest BCUT2D eigenvalue weighted by Crippen LogP contribution is 2.61. The molecule has 3 heterocycles. The lowest BCUT2D eigenvalue weighted by atomic mass is 9.71. The number of carbonyl (C=O) groups is 1. The van der Waals surface area contributed by atoms with Crippen LogP contribution in [0.5, 0.6) is 11.5 Å². The number of halogens is 1. The fourth-order valence-electron chi connectivity index (χ4n) is 10.4. The molecule has 3 aromatic heterocycles. The maximum atomic E-state index is 11.6. The van der Waals surface area contributed by atoms with E-state index in [0.29, 0.717) is 5.56 Å². The van der Waals surface area contributed by atoms with Gasteiger partial charge < -0.3 is 19.5 Å². The van der Waals surface area contributed by atoms with Crippen LogP contribution in [0, 0.1) is 11.3 Å². The quantitative estimate of drug-likeness (QED) is 0.0216. The minimum absolute atomic E-state index is 0.0780. The Kier molecular flexibility index (Phi) is 19.5. The Morgan fingerprint density at radius 2 is 1.08 bits per heavy atom. The van der Waals surface area contributed by atoms with Crippen LogP contribution < -0.4 is 14.4 Å². The molecule has 0 atom stereocenters. The summed E-state index contributed by atoms with van der Waals surface area (Å²) in [6.45, 7) is 10.5. The second-order valence-corrected chi connectivity index (χ2v) is 22.3. The van der Waals surface area contributed by atoms with Crippen LogP contribution in [0.15, 0.2) is 115 Å². The highest BCUT2D eigenvalue weighted by molar-refractivity contribution is 7.25. The number of rotatable bonds is 29. The Hall–Kier alpha value is -5.92. The zero-order valence-electron chi connectivity index (χ0n) is 43.8. The number of carboxylic acids is 1. The number of aliphatic carboxylic acids is 1. The molecule has 0 unspecified atom stereocenters. The van der Waals surface area contributed by atoms with E-state index in [1.165, 1.54) is 132 Å². The van der Waals surface area contributed by atoms with Crippen LogP contribution in [-0.4, -0.2) is 29.3 Å². The average Bonchev–Trinajstić information content (AvgIpc) is 4.14. The van der Waals surface area contributed by atoms with E-state index >= 15 is 0 Å². The summed E-state index contributed by atoms with van der Waals surface area (Å²) in [5, 5.41) is 19.8. The van der Waals surface area contributed by atoms with Crippen LogP contribution in [0.1, 0.15) is 160 Å². The molecule has 7 aromatic rings. The van der Waals surface area contributed by atoms with E-state index in [4.69, 9.17) is 26.1 Å². The number of nitrogens with zero attached hydrogens (tertiary/aromatic N) is 3.